The summed E-state index contributed by atoms with van der Waals surface area (Å²) in [6.07, 6.45) is 8.08. The molecule has 0 spiro atoms. The van der Waals surface area contributed by atoms with Gasteiger partial charge in [-0.2, -0.15) is 0 Å². The molecule has 1 aromatic heterocycles. The lowest BCUT2D eigenvalue weighted by molar-refractivity contribution is 0.0964. The Morgan fingerprint density at radius 3 is 2.76 bits per heavy atom. The van der Waals surface area contributed by atoms with E-state index in [1.54, 1.807) is 6.20 Å². The van der Waals surface area contributed by atoms with Crippen LogP contribution in [0.1, 0.15) is 51.5 Å². The van der Waals surface area contributed by atoms with E-state index >= 15 is 0 Å². The molecule has 116 valence electrons. The summed E-state index contributed by atoms with van der Waals surface area (Å²) in [4.78, 5) is 4.34. The van der Waals surface area contributed by atoms with Gasteiger partial charge in [0, 0.05) is 24.8 Å². The minimum Gasteiger partial charge on any atom is -0.474 e. The number of hydrogen-bond donors (Lipinski definition) is 1. The second kappa shape index (κ2) is 6.53. The van der Waals surface area contributed by atoms with Crippen molar-refractivity contribution in [2.45, 2.75) is 64.6 Å². The van der Waals surface area contributed by atoms with Gasteiger partial charge in [-0.05, 0) is 49.5 Å². The van der Waals surface area contributed by atoms with Gasteiger partial charge in [-0.3, -0.25) is 0 Å². The summed E-state index contributed by atoms with van der Waals surface area (Å²) >= 11 is 6.23. The first-order valence-corrected chi connectivity index (χ1v) is 8.54. The maximum absolute atomic E-state index is 6.23. The Bertz CT molecular complexity index is 490. The Morgan fingerprint density at radius 2 is 2.05 bits per heavy atom. The third-order valence-corrected chi connectivity index (χ3v) is 5.25. The molecule has 1 heterocycles. The molecule has 0 amide bonds. The molecular weight excluding hydrogens is 284 g/mol. The van der Waals surface area contributed by atoms with Crippen molar-refractivity contribution >= 4 is 11.6 Å². The summed E-state index contributed by atoms with van der Waals surface area (Å²) in [7, 11) is 0. The Labute approximate surface area is 132 Å². The van der Waals surface area contributed by atoms with Crippen molar-refractivity contribution in [3.8, 4) is 5.88 Å². The van der Waals surface area contributed by atoms with Gasteiger partial charge in [0.05, 0.1) is 5.02 Å². The van der Waals surface area contributed by atoms with Gasteiger partial charge in [0.1, 0.15) is 6.10 Å². The number of hydrogen-bond acceptors (Lipinski definition) is 3. The van der Waals surface area contributed by atoms with Crippen molar-refractivity contribution in [2.24, 2.45) is 11.8 Å². The molecule has 0 saturated heterocycles. The fraction of sp³-hybridized carbons (Fsp3) is 0.706. The molecule has 4 heteroatoms. The highest BCUT2D eigenvalue weighted by Crippen LogP contribution is 2.32. The molecule has 2 saturated carbocycles. The van der Waals surface area contributed by atoms with Crippen molar-refractivity contribution < 1.29 is 4.74 Å². The zero-order valence-electron chi connectivity index (χ0n) is 12.9. The van der Waals surface area contributed by atoms with Crippen LogP contribution in [-0.2, 0) is 6.54 Å². The van der Waals surface area contributed by atoms with Gasteiger partial charge in [0.25, 0.3) is 0 Å². The standard InChI is InChI=1S/C17H25ClN2O/c1-11-3-6-15(7-12(11)2)21-17-8-13(16(18)10-20-17)9-19-14-4-5-14/h8,10-12,14-15,19H,3-7,9H2,1-2H3. The van der Waals surface area contributed by atoms with E-state index in [1.165, 1.54) is 19.3 Å². The molecule has 0 aliphatic heterocycles. The summed E-state index contributed by atoms with van der Waals surface area (Å²) in [6, 6.07) is 2.68. The second-order valence-corrected chi connectivity index (χ2v) is 7.18. The van der Waals surface area contributed by atoms with Crippen LogP contribution in [0.5, 0.6) is 5.88 Å². The van der Waals surface area contributed by atoms with Gasteiger partial charge in [-0.1, -0.05) is 25.4 Å². The lowest BCUT2D eigenvalue weighted by Gasteiger charge is -2.32. The van der Waals surface area contributed by atoms with Crippen LogP contribution in [-0.4, -0.2) is 17.1 Å². The predicted molar refractivity (Wildman–Crippen MR) is 85.7 cm³/mol. The van der Waals surface area contributed by atoms with Crippen LogP contribution >= 0.6 is 11.6 Å². The van der Waals surface area contributed by atoms with Gasteiger partial charge < -0.3 is 10.1 Å². The number of ether oxygens (including phenoxy) is 1. The molecule has 3 rings (SSSR count). The average Bonchev–Trinajstić information content (AvgIpc) is 3.28. The zero-order valence-corrected chi connectivity index (χ0v) is 13.7. The number of rotatable bonds is 5. The van der Waals surface area contributed by atoms with Crippen molar-refractivity contribution in [3.63, 3.8) is 0 Å². The molecule has 3 atom stereocenters. The quantitative estimate of drug-likeness (QED) is 0.885. The molecule has 1 aromatic rings. The summed E-state index contributed by atoms with van der Waals surface area (Å²) in [5.41, 5.74) is 1.09. The number of halogens is 1. The van der Waals surface area contributed by atoms with Crippen LogP contribution in [0.4, 0.5) is 0 Å². The molecule has 1 N–H and O–H groups in total. The predicted octanol–water partition coefficient (Wildman–Crippen LogP) is 4.19. The Kier molecular flexibility index (Phi) is 4.70. The number of nitrogens with zero attached hydrogens (tertiary/aromatic N) is 1. The van der Waals surface area contributed by atoms with Crippen LogP contribution in [0.25, 0.3) is 0 Å². The fourth-order valence-electron chi connectivity index (χ4n) is 2.98. The number of aromatic nitrogens is 1. The minimum absolute atomic E-state index is 0.300. The lowest BCUT2D eigenvalue weighted by Crippen LogP contribution is -2.29. The van der Waals surface area contributed by atoms with Crippen molar-refractivity contribution in [1.82, 2.24) is 10.3 Å². The van der Waals surface area contributed by atoms with E-state index < -0.39 is 0 Å². The monoisotopic (exact) mass is 308 g/mol. The molecule has 3 nitrogen and oxygen atoms in total. The van der Waals surface area contributed by atoms with Gasteiger partial charge in [0.2, 0.25) is 5.88 Å². The third-order valence-electron chi connectivity index (χ3n) is 4.91. The van der Waals surface area contributed by atoms with Crippen LogP contribution in [0, 0.1) is 11.8 Å². The molecular formula is C17H25ClN2O. The average molecular weight is 309 g/mol. The summed E-state index contributed by atoms with van der Waals surface area (Å²) < 4.78 is 6.09. The summed E-state index contributed by atoms with van der Waals surface area (Å²) in [5.74, 6) is 2.26. The van der Waals surface area contributed by atoms with E-state index in [0.29, 0.717) is 12.1 Å². The van der Waals surface area contributed by atoms with Gasteiger partial charge in [0.15, 0.2) is 0 Å². The SMILES string of the molecule is CC1CCC(Oc2cc(CNC3CC3)c(Cl)cn2)CC1C. The van der Waals surface area contributed by atoms with E-state index in [2.05, 4.69) is 24.1 Å². The third kappa shape index (κ3) is 4.10. The van der Waals surface area contributed by atoms with Crippen molar-refractivity contribution in [3.05, 3.63) is 22.8 Å². The highest BCUT2D eigenvalue weighted by atomic mass is 35.5. The van der Waals surface area contributed by atoms with Gasteiger partial charge in [-0.25, -0.2) is 4.98 Å². The molecule has 2 aliphatic rings. The molecule has 0 aromatic carbocycles. The summed E-state index contributed by atoms with van der Waals surface area (Å²) in [5, 5.41) is 4.21. The molecule has 2 fully saturated rings. The molecule has 3 unspecified atom stereocenters. The van der Waals surface area contributed by atoms with Crippen molar-refractivity contribution in [1.29, 1.82) is 0 Å². The van der Waals surface area contributed by atoms with Crippen LogP contribution in [0.15, 0.2) is 12.3 Å². The first-order valence-electron chi connectivity index (χ1n) is 8.16. The van der Waals surface area contributed by atoms with Gasteiger partial charge in [-0.15, -0.1) is 0 Å². The Balaban J connectivity index is 1.60. The maximum Gasteiger partial charge on any atom is 0.213 e. The highest BCUT2D eigenvalue weighted by Gasteiger charge is 2.26. The van der Waals surface area contributed by atoms with Crippen LogP contribution in [0.3, 0.4) is 0 Å². The zero-order chi connectivity index (χ0) is 14.8. The second-order valence-electron chi connectivity index (χ2n) is 6.78. The number of pyridine rings is 1. The Morgan fingerprint density at radius 1 is 1.24 bits per heavy atom. The van der Waals surface area contributed by atoms with Crippen LogP contribution < -0.4 is 10.1 Å². The molecule has 2 aliphatic carbocycles. The van der Waals surface area contributed by atoms with Gasteiger partial charge >= 0.3 is 0 Å². The van der Waals surface area contributed by atoms with E-state index in [9.17, 15) is 0 Å². The lowest BCUT2D eigenvalue weighted by atomic mass is 9.80. The van der Waals surface area contributed by atoms with E-state index in [-0.39, 0.29) is 0 Å². The van der Waals surface area contributed by atoms with E-state index in [4.69, 9.17) is 16.3 Å². The van der Waals surface area contributed by atoms with Crippen LogP contribution in [0.2, 0.25) is 5.02 Å². The van der Waals surface area contributed by atoms with Crippen molar-refractivity contribution in [2.75, 3.05) is 0 Å². The molecule has 21 heavy (non-hydrogen) atoms. The molecule has 0 radical (unpaired) electrons. The van der Waals surface area contributed by atoms with E-state index in [0.717, 1.165) is 47.7 Å². The summed E-state index contributed by atoms with van der Waals surface area (Å²) in [6.45, 7) is 5.46. The fourth-order valence-corrected chi connectivity index (χ4v) is 3.15. The Hall–Kier alpha value is -0.800. The first kappa shape index (κ1) is 15.1. The minimum atomic E-state index is 0.300. The number of nitrogens with one attached hydrogen (secondary N) is 1. The molecule has 0 bridgehead atoms. The maximum atomic E-state index is 6.23. The smallest absolute Gasteiger partial charge is 0.213 e. The largest absolute Gasteiger partial charge is 0.474 e. The van der Waals surface area contributed by atoms with E-state index in [1.807, 2.05) is 6.07 Å². The topological polar surface area (TPSA) is 34.1 Å². The normalized spacial score (nSPS) is 29.4. The first-order chi connectivity index (χ1) is 10.1. The highest BCUT2D eigenvalue weighted by molar-refractivity contribution is 6.31.